The van der Waals surface area contributed by atoms with Crippen molar-refractivity contribution in [3.8, 4) is 0 Å². The van der Waals surface area contributed by atoms with Gasteiger partial charge in [-0.2, -0.15) is 0 Å². The Morgan fingerprint density at radius 3 is 2.70 bits per heavy atom. The van der Waals surface area contributed by atoms with Crippen LogP contribution in [0.1, 0.15) is 38.5 Å². The van der Waals surface area contributed by atoms with Gasteiger partial charge in [0.15, 0.2) is 0 Å². The molecule has 6 nitrogen and oxygen atoms in total. The Morgan fingerprint density at radius 2 is 1.93 bits per heavy atom. The maximum Gasteiger partial charge on any atom is 0.259 e. The molecule has 3 heterocycles. The minimum Gasteiger partial charge on any atom is -0.469 e. The summed E-state index contributed by atoms with van der Waals surface area (Å²) in [4.78, 5) is 30.8. The van der Waals surface area contributed by atoms with Crippen molar-refractivity contribution in [2.45, 2.75) is 19.8 Å². The van der Waals surface area contributed by atoms with Crippen LogP contribution in [-0.2, 0) is 6.42 Å². The highest BCUT2D eigenvalue weighted by Crippen LogP contribution is 2.34. The number of nitrogens with zero attached hydrogens (tertiary/aromatic N) is 1. The Kier molecular flexibility index (Phi) is 4.39. The Hall–Kier alpha value is -3.80. The summed E-state index contributed by atoms with van der Waals surface area (Å²) in [5.41, 5.74) is 4.96. The average molecular weight is 399 g/mol. The van der Waals surface area contributed by atoms with Crippen molar-refractivity contribution in [2.75, 3.05) is 16.8 Å². The van der Waals surface area contributed by atoms with Crippen molar-refractivity contribution in [2.24, 2.45) is 0 Å². The molecule has 0 fully saturated rings. The highest BCUT2D eigenvalue weighted by molar-refractivity contribution is 6.12. The van der Waals surface area contributed by atoms with Crippen molar-refractivity contribution >= 4 is 34.1 Å². The third kappa shape index (κ3) is 3.06. The monoisotopic (exact) mass is 399 g/mol. The zero-order valence-corrected chi connectivity index (χ0v) is 16.6. The molecule has 0 atom stereocenters. The Morgan fingerprint density at radius 1 is 1.10 bits per heavy atom. The summed E-state index contributed by atoms with van der Waals surface area (Å²) in [5, 5.41) is 3.97. The first kappa shape index (κ1) is 18.2. The molecule has 1 aliphatic rings. The SMILES string of the molecule is Cc1occc1C(=O)Nc1ccc(C(=O)N2CCCc3c[nH]c4cccc2c34)cc1. The molecule has 1 aliphatic heterocycles. The third-order valence-electron chi connectivity index (χ3n) is 5.62. The molecule has 2 N–H and O–H groups in total. The van der Waals surface area contributed by atoms with E-state index in [1.807, 2.05) is 29.3 Å². The largest absolute Gasteiger partial charge is 0.469 e. The van der Waals surface area contributed by atoms with Crippen molar-refractivity contribution in [3.05, 3.63) is 83.4 Å². The molecule has 150 valence electrons. The summed E-state index contributed by atoms with van der Waals surface area (Å²) in [6.45, 7) is 2.42. The Bertz CT molecular complexity index is 1250. The fourth-order valence-corrected chi connectivity index (χ4v) is 4.09. The van der Waals surface area contributed by atoms with E-state index in [9.17, 15) is 9.59 Å². The minimum atomic E-state index is -0.237. The van der Waals surface area contributed by atoms with Gasteiger partial charge in [0.2, 0.25) is 0 Å². The number of furan rings is 1. The average Bonchev–Trinajstić information content (AvgIpc) is 3.32. The van der Waals surface area contributed by atoms with Gasteiger partial charge in [-0.05, 0) is 67.8 Å². The smallest absolute Gasteiger partial charge is 0.259 e. The molecule has 0 bridgehead atoms. The Labute approximate surface area is 173 Å². The second-order valence-electron chi connectivity index (χ2n) is 7.50. The predicted molar refractivity (Wildman–Crippen MR) is 116 cm³/mol. The molecular formula is C24H21N3O3. The van der Waals surface area contributed by atoms with Gasteiger partial charge in [0.25, 0.3) is 11.8 Å². The first-order chi connectivity index (χ1) is 14.6. The van der Waals surface area contributed by atoms with Gasteiger partial charge < -0.3 is 19.6 Å². The van der Waals surface area contributed by atoms with Crippen molar-refractivity contribution < 1.29 is 14.0 Å². The normalized spacial score (nSPS) is 13.3. The van der Waals surface area contributed by atoms with Gasteiger partial charge in [-0.25, -0.2) is 0 Å². The van der Waals surface area contributed by atoms with Crippen LogP contribution in [0.15, 0.2) is 65.4 Å². The van der Waals surface area contributed by atoms with Crippen LogP contribution in [0.25, 0.3) is 10.9 Å². The van der Waals surface area contributed by atoms with E-state index in [1.54, 1.807) is 37.3 Å². The second-order valence-corrected chi connectivity index (χ2v) is 7.50. The first-order valence-electron chi connectivity index (χ1n) is 9.98. The summed E-state index contributed by atoms with van der Waals surface area (Å²) in [5.74, 6) is 0.290. The van der Waals surface area contributed by atoms with Gasteiger partial charge in [0.1, 0.15) is 5.76 Å². The van der Waals surface area contributed by atoms with Gasteiger partial charge in [-0.15, -0.1) is 0 Å². The van der Waals surface area contributed by atoms with Crippen LogP contribution in [0.5, 0.6) is 0 Å². The number of hydrogen-bond donors (Lipinski definition) is 2. The second kappa shape index (κ2) is 7.22. The zero-order valence-electron chi connectivity index (χ0n) is 16.6. The van der Waals surface area contributed by atoms with E-state index in [0.717, 1.165) is 29.4 Å². The molecule has 0 spiro atoms. The van der Waals surface area contributed by atoms with Crippen LogP contribution in [0.3, 0.4) is 0 Å². The predicted octanol–water partition coefficient (Wildman–Crippen LogP) is 4.91. The maximum atomic E-state index is 13.3. The third-order valence-corrected chi connectivity index (χ3v) is 5.62. The zero-order chi connectivity index (χ0) is 20.7. The number of carbonyl (C=O) groups excluding carboxylic acids is 2. The lowest BCUT2D eigenvalue weighted by Gasteiger charge is -2.22. The fraction of sp³-hybridized carbons (Fsp3) is 0.167. The molecule has 30 heavy (non-hydrogen) atoms. The van der Waals surface area contributed by atoms with Gasteiger partial charge in [0.05, 0.1) is 17.5 Å². The number of benzene rings is 2. The molecule has 2 amide bonds. The van der Waals surface area contributed by atoms with E-state index in [-0.39, 0.29) is 11.8 Å². The van der Waals surface area contributed by atoms with Gasteiger partial charge in [0, 0.05) is 34.9 Å². The molecule has 6 heteroatoms. The van der Waals surface area contributed by atoms with E-state index in [4.69, 9.17) is 4.42 Å². The molecular weight excluding hydrogens is 378 g/mol. The number of carbonyl (C=O) groups is 2. The topological polar surface area (TPSA) is 78.3 Å². The van der Waals surface area contributed by atoms with Gasteiger partial charge in [-0.1, -0.05) is 6.07 Å². The molecule has 0 aliphatic carbocycles. The quantitative estimate of drug-likeness (QED) is 0.514. The van der Waals surface area contributed by atoms with Crippen LogP contribution in [0.2, 0.25) is 0 Å². The maximum absolute atomic E-state index is 13.3. The van der Waals surface area contributed by atoms with Crippen molar-refractivity contribution in [3.63, 3.8) is 0 Å². The molecule has 2 aromatic carbocycles. The number of aromatic amines is 1. The van der Waals surface area contributed by atoms with Crippen molar-refractivity contribution in [1.29, 1.82) is 0 Å². The summed E-state index contributed by atoms with van der Waals surface area (Å²) < 4.78 is 5.18. The molecule has 5 rings (SSSR count). The summed E-state index contributed by atoms with van der Waals surface area (Å²) in [6.07, 6.45) is 5.38. The number of anilines is 2. The first-order valence-corrected chi connectivity index (χ1v) is 9.98. The van der Waals surface area contributed by atoms with Gasteiger partial charge in [-0.3, -0.25) is 9.59 Å². The standard InChI is InChI=1S/C24H21N3O3/c1-15-19(11-13-30-15)23(28)26-18-9-7-16(8-10-18)24(29)27-12-3-4-17-14-25-20-5-2-6-21(27)22(17)20/h2,5-11,13-14,25H,3-4,12H2,1H3,(H,26,28). The number of aromatic nitrogens is 1. The lowest BCUT2D eigenvalue weighted by Crippen LogP contribution is -2.31. The number of hydrogen-bond acceptors (Lipinski definition) is 3. The van der Waals surface area contributed by atoms with Crippen LogP contribution >= 0.6 is 0 Å². The van der Waals surface area contributed by atoms with Crippen LogP contribution in [-0.4, -0.2) is 23.3 Å². The van der Waals surface area contributed by atoms with E-state index in [0.29, 0.717) is 29.1 Å². The highest BCUT2D eigenvalue weighted by Gasteiger charge is 2.24. The number of rotatable bonds is 3. The van der Waals surface area contributed by atoms with E-state index < -0.39 is 0 Å². The summed E-state index contributed by atoms with van der Waals surface area (Å²) >= 11 is 0. The number of H-pyrrole nitrogens is 1. The Balaban J connectivity index is 1.39. The number of nitrogens with one attached hydrogen (secondary N) is 2. The molecule has 0 unspecified atom stereocenters. The lowest BCUT2D eigenvalue weighted by atomic mass is 10.1. The molecule has 0 saturated heterocycles. The van der Waals surface area contributed by atoms with E-state index in [2.05, 4.69) is 10.3 Å². The fourth-order valence-electron chi connectivity index (χ4n) is 4.09. The number of amides is 2. The van der Waals surface area contributed by atoms with E-state index in [1.165, 1.54) is 11.8 Å². The summed E-state index contributed by atoms with van der Waals surface area (Å²) in [6, 6.07) is 14.7. The van der Waals surface area contributed by atoms with Crippen LogP contribution in [0.4, 0.5) is 11.4 Å². The van der Waals surface area contributed by atoms with Crippen LogP contribution < -0.4 is 10.2 Å². The molecule has 4 aromatic rings. The lowest BCUT2D eigenvalue weighted by molar-refractivity contribution is 0.0986. The van der Waals surface area contributed by atoms with Gasteiger partial charge >= 0.3 is 0 Å². The summed E-state index contributed by atoms with van der Waals surface area (Å²) in [7, 11) is 0. The molecule has 0 radical (unpaired) electrons. The minimum absolute atomic E-state index is 0.0416. The van der Waals surface area contributed by atoms with Crippen molar-refractivity contribution in [1.82, 2.24) is 4.98 Å². The van der Waals surface area contributed by atoms with E-state index >= 15 is 0 Å². The number of aryl methyl sites for hydroxylation is 2. The molecule has 0 saturated carbocycles. The molecule has 2 aromatic heterocycles. The van der Waals surface area contributed by atoms with Crippen LogP contribution in [0, 0.1) is 6.92 Å². The highest BCUT2D eigenvalue weighted by atomic mass is 16.3.